The summed E-state index contributed by atoms with van der Waals surface area (Å²) >= 11 is 7.30. The lowest BCUT2D eigenvalue weighted by atomic mass is 10.1. The van der Waals surface area contributed by atoms with E-state index >= 15 is 0 Å². The summed E-state index contributed by atoms with van der Waals surface area (Å²) in [4.78, 5) is 11.6. The van der Waals surface area contributed by atoms with Crippen molar-refractivity contribution in [3.8, 4) is 11.1 Å². The molecule has 0 unspecified atom stereocenters. The van der Waals surface area contributed by atoms with Gasteiger partial charge in [0.2, 0.25) is 0 Å². The third-order valence-electron chi connectivity index (χ3n) is 2.38. The average molecular weight is 279 g/mol. The topological polar surface area (TPSA) is 37.3 Å². The van der Waals surface area contributed by atoms with E-state index in [1.54, 1.807) is 6.07 Å². The van der Waals surface area contributed by atoms with E-state index in [4.69, 9.17) is 16.7 Å². The second-order valence-electron chi connectivity index (χ2n) is 3.69. The lowest BCUT2D eigenvalue weighted by Gasteiger charge is -2.09. The summed E-state index contributed by atoms with van der Waals surface area (Å²) in [5.41, 5.74) is 2.00. The predicted octanol–water partition coefficient (Wildman–Crippen LogP) is 4.18. The number of carboxylic acid groups (broad SMARTS) is 1. The number of thioether (sulfide) groups is 1. The highest BCUT2D eigenvalue weighted by atomic mass is 35.5. The number of carboxylic acids is 1. The summed E-state index contributed by atoms with van der Waals surface area (Å²) < 4.78 is 0. The van der Waals surface area contributed by atoms with Crippen molar-refractivity contribution in [1.82, 2.24) is 0 Å². The zero-order chi connectivity index (χ0) is 13.0. The van der Waals surface area contributed by atoms with Gasteiger partial charge in [-0.25, -0.2) is 0 Å². The molecule has 0 heterocycles. The Morgan fingerprint density at radius 1 is 1.17 bits per heavy atom. The first-order chi connectivity index (χ1) is 8.66. The highest BCUT2D eigenvalue weighted by Gasteiger charge is 2.08. The van der Waals surface area contributed by atoms with Gasteiger partial charge in [0.05, 0.1) is 5.75 Å². The van der Waals surface area contributed by atoms with Crippen molar-refractivity contribution in [3.63, 3.8) is 0 Å². The molecule has 1 N–H and O–H groups in total. The molecule has 18 heavy (non-hydrogen) atoms. The van der Waals surface area contributed by atoms with Gasteiger partial charge in [0.15, 0.2) is 0 Å². The van der Waals surface area contributed by atoms with Crippen LogP contribution in [0.15, 0.2) is 53.4 Å². The van der Waals surface area contributed by atoms with Crippen LogP contribution in [0, 0.1) is 0 Å². The van der Waals surface area contributed by atoms with E-state index in [0.29, 0.717) is 5.02 Å². The van der Waals surface area contributed by atoms with Gasteiger partial charge >= 0.3 is 5.97 Å². The second kappa shape index (κ2) is 5.94. The Kier molecular flexibility index (Phi) is 4.28. The fraction of sp³-hybridized carbons (Fsp3) is 0.0714. The number of carbonyl (C=O) groups is 1. The maximum atomic E-state index is 10.6. The van der Waals surface area contributed by atoms with Crippen molar-refractivity contribution in [1.29, 1.82) is 0 Å². The van der Waals surface area contributed by atoms with Crippen LogP contribution in [-0.4, -0.2) is 16.8 Å². The van der Waals surface area contributed by atoms with Crippen molar-refractivity contribution < 1.29 is 9.90 Å². The molecule has 0 aromatic heterocycles. The molecule has 2 rings (SSSR count). The van der Waals surface area contributed by atoms with Gasteiger partial charge in [-0.05, 0) is 29.3 Å². The highest BCUT2D eigenvalue weighted by Crippen LogP contribution is 2.33. The van der Waals surface area contributed by atoms with Crippen LogP contribution in [0.25, 0.3) is 11.1 Å². The summed E-state index contributed by atoms with van der Waals surface area (Å²) in [6, 6.07) is 15.3. The van der Waals surface area contributed by atoms with Gasteiger partial charge < -0.3 is 5.11 Å². The maximum absolute atomic E-state index is 10.6. The van der Waals surface area contributed by atoms with Gasteiger partial charge in [0.1, 0.15) is 0 Å². The number of hydrogen-bond donors (Lipinski definition) is 1. The van der Waals surface area contributed by atoms with Gasteiger partial charge in [-0.2, -0.15) is 0 Å². The van der Waals surface area contributed by atoms with Crippen LogP contribution in [0.3, 0.4) is 0 Å². The first kappa shape index (κ1) is 13.0. The zero-order valence-corrected chi connectivity index (χ0v) is 11.0. The number of hydrogen-bond acceptors (Lipinski definition) is 2. The Balaban J connectivity index is 2.38. The molecule has 2 aromatic rings. The molecule has 0 atom stereocenters. The number of benzene rings is 2. The maximum Gasteiger partial charge on any atom is 0.313 e. The fourth-order valence-electron chi connectivity index (χ4n) is 1.61. The van der Waals surface area contributed by atoms with Crippen LogP contribution in [-0.2, 0) is 4.79 Å². The average Bonchev–Trinajstić information content (AvgIpc) is 2.38. The summed E-state index contributed by atoms with van der Waals surface area (Å²) in [6.07, 6.45) is 0. The molecule has 0 aliphatic heterocycles. The normalized spacial score (nSPS) is 10.3. The Morgan fingerprint density at radius 2 is 1.89 bits per heavy atom. The third kappa shape index (κ3) is 3.28. The molecule has 0 amide bonds. The fourth-order valence-corrected chi connectivity index (χ4v) is 2.56. The SMILES string of the molecule is O=C(O)CSc1ccc(Cl)cc1-c1ccccc1. The molecular formula is C14H11ClO2S. The first-order valence-electron chi connectivity index (χ1n) is 5.36. The lowest BCUT2D eigenvalue weighted by molar-refractivity contribution is -0.133. The van der Waals surface area contributed by atoms with Gasteiger partial charge in [-0.15, -0.1) is 11.8 Å². The van der Waals surface area contributed by atoms with Crippen LogP contribution in [0.2, 0.25) is 5.02 Å². The summed E-state index contributed by atoms with van der Waals surface area (Å²) in [5, 5.41) is 9.39. The van der Waals surface area contributed by atoms with Crippen LogP contribution in [0.4, 0.5) is 0 Å². The predicted molar refractivity (Wildman–Crippen MR) is 75.2 cm³/mol. The molecule has 92 valence electrons. The summed E-state index contributed by atoms with van der Waals surface area (Å²) in [7, 11) is 0. The highest BCUT2D eigenvalue weighted by molar-refractivity contribution is 8.00. The van der Waals surface area contributed by atoms with Gasteiger partial charge in [0.25, 0.3) is 0 Å². The van der Waals surface area contributed by atoms with E-state index < -0.39 is 5.97 Å². The molecule has 0 radical (unpaired) electrons. The third-order valence-corrected chi connectivity index (χ3v) is 3.67. The van der Waals surface area contributed by atoms with Crippen LogP contribution < -0.4 is 0 Å². The van der Waals surface area contributed by atoms with Gasteiger partial charge in [0, 0.05) is 9.92 Å². The first-order valence-corrected chi connectivity index (χ1v) is 6.73. The molecular weight excluding hydrogens is 268 g/mol. The Bertz CT molecular complexity index is 555. The number of rotatable bonds is 4. The van der Waals surface area contributed by atoms with E-state index in [0.717, 1.165) is 16.0 Å². The van der Waals surface area contributed by atoms with E-state index in [9.17, 15) is 4.79 Å². The standard InChI is InChI=1S/C14H11ClO2S/c15-11-6-7-13(18-9-14(16)17)12(8-11)10-4-2-1-3-5-10/h1-8H,9H2,(H,16,17). The summed E-state index contributed by atoms with van der Waals surface area (Å²) in [5.74, 6) is -0.782. The molecule has 0 fully saturated rings. The van der Waals surface area contributed by atoms with Crippen molar-refractivity contribution in [2.75, 3.05) is 5.75 Å². The van der Waals surface area contributed by atoms with Crippen LogP contribution >= 0.6 is 23.4 Å². The minimum absolute atomic E-state index is 0.0431. The molecule has 0 saturated carbocycles. The quantitative estimate of drug-likeness (QED) is 0.853. The molecule has 2 aromatic carbocycles. The molecule has 0 spiro atoms. The molecule has 0 bridgehead atoms. The largest absolute Gasteiger partial charge is 0.481 e. The van der Waals surface area contributed by atoms with E-state index in [1.807, 2.05) is 42.5 Å². The Labute approximate surface area is 115 Å². The van der Waals surface area contributed by atoms with Crippen molar-refractivity contribution >= 4 is 29.3 Å². The second-order valence-corrected chi connectivity index (χ2v) is 5.14. The minimum atomic E-state index is -0.825. The van der Waals surface area contributed by atoms with Gasteiger partial charge in [-0.3, -0.25) is 4.79 Å². The molecule has 0 aliphatic carbocycles. The Morgan fingerprint density at radius 3 is 2.56 bits per heavy atom. The van der Waals surface area contributed by atoms with E-state index in [1.165, 1.54) is 11.8 Å². The number of aliphatic carboxylic acids is 1. The zero-order valence-electron chi connectivity index (χ0n) is 9.47. The van der Waals surface area contributed by atoms with Crippen molar-refractivity contribution in [3.05, 3.63) is 53.6 Å². The van der Waals surface area contributed by atoms with Crippen LogP contribution in [0.1, 0.15) is 0 Å². The molecule has 4 heteroatoms. The monoisotopic (exact) mass is 278 g/mol. The van der Waals surface area contributed by atoms with Crippen molar-refractivity contribution in [2.45, 2.75) is 4.90 Å². The number of halogens is 1. The minimum Gasteiger partial charge on any atom is -0.481 e. The van der Waals surface area contributed by atoms with E-state index in [-0.39, 0.29) is 5.75 Å². The summed E-state index contributed by atoms with van der Waals surface area (Å²) in [6.45, 7) is 0. The van der Waals surface area contributed by atoms with Gasteiger partial charge in [-0.1, -0.05) is 41.9 Å². The molecule has 0 saturated heterocycles. The van der Waals surface area contributed by atoms with E-state index in [2.05, 4.69) is 0 Å². The van der Waals surface area contributed by atoms with Crippen LogP contribution in [0.5, 0.6) is 0 Å². The van der Waals surface area contributed by atoms with Crippen molar-refractivity contribution in [2.24, 2.45) is 0 Å². The molecule has 0 aliphatic rings. The molecule has 2 nitrogen and oxygen atoms in total. The lowest BCUT2D eigenvalue weighted by Crippen LogP contribution is -1.97. The smallest absolute Gasteiger partial charge is 0.313 e. The Hall–Kier alpha value is -1.45.